The van der Waals surface area contributed by atoms with E-state index in [-0.39, 0.29) is 11.5 Å². The second kappa shape index (κ2) is 6.40. The third-order valence-electron chi connectivity index (χ3n) is 4.56. The number of carbonyl (C=O) groups excluding carboxylic acids is 1. The number of thiophene rings is 1. The highest BCUT2D eigenvalue weighted by atomic mass is 32.1. The molecule has 1 aliphatic rings. The van der Waals surface area contributed by atoms with Crippen LogP contribution in [0.2, 0.25) is 0 Å². The summed E-state index contributed by atoms with van der Waals surface area (Å²) in [7, 11) is 0. The van der Waals surface area contributed by atoms with Gasteiger partial charge in [0.2, 0.25) is 0 Å². The lowest BCUT2D eigenvalue weighted by atomic mass is 10.2. The van der Waals surface area contributed by atoms with Crippen molar-refractivity contribution in [2.75, 3.05) is 5.32 Å². The number of carbonyl (C=O) groups is 1. The van der Waals surface area contributed by atoms with Gasteiger partial charge < -0.3 is 5.32 Å². The number of hydrogen-bond donors (Lipinski definition) is 1. The fourth-order valence-corrected chi connectivity index (χ4v) is 4.34. The van der Waals surface area contributed by atoms with Crippen LogP contribution in [0.3, 0.4) is 0 Å². The lowest BCUT2D eigenvalue weighted by Crippen LogP contribution is -2.24. The maximum atomic E-state index is 12.9. The summed E-state index contributed by atoms with van der Waals surface area (Å²) in [5.74, 6) is 0.628. The Morgan fingerprint density at radius 3 is 2.84 bits per heavy atom. The number of amides is 1. The Hall–Kier alpha value is -2.54. The Kier molecular flexibility index (Phi) is 4.09. The van der Waals surface area contributed by atoms with E-state index < -0.39 is 0 Å². The molecule has 4 heterocycles. The van der Waals surface area contributed by atoms with E-state index in [1.54, 1.807) is 29.1 Å². The van der Waals surface area contributed by atoms with Crippen LogP contribution in [0, 0.1) is 6.92 Å². The zero-order valence-corrected chi connectivity index (χ0v) is 14.7. The van der Waals surface area contributed by atoms with Gasteiger partial charge in [-0.3, -0.25) is 19.1 Å². The van der Waals surface area contributed by atoms with E-state index in [9.17, 15) is 9.59 Å². The van der Waals surface area contributed by atoms with Crippen molar-refractivity contribution < 1.29 is 4.79 Å². The van der Waals surface area contributed by atoms with Gasteiger partial charge in [0, 0.05) is 31.0 Å². The monoisotopic (exact) mass is 354 g/mol. The molecule has 3 aromatic heterocycles. The van der Waals surface area contributed by atoms with Crippen molar-refractivity contribution in [2.24, 2.45) is 0 Å². The van der Waals surface area contributed by atoms with Gasteiger partial charge in [-0.15, -0.1) is 11.3 Å². The zero-order valence-electron chi connectivity index (χ0n) is 13.9. The van der Waals surface area contributed by atoms with Crippen molar-refractivity contribution in [1.82, 2.24) is 14.5 Å². The SMILES string of the molecule is Cc1c(C(=O)Nc2ccncc2)sc2nc3n(c(=O)c12)CCCCC3. The van der Waals surface area contributed by atoms with Crippen molar-refractivity contribution in [3.05, 3.63) is 51.1 Å². The number of hydrogen-bond acceptors (Lipinski definition) is 5. The lowest BCUT2D eigenvalue weighted by Gasteiger charge is -2.08. The minimum Gasteiger partial charge on any atom is -0.321 e. The predicted molar refractivity (Wildman–Crippen MR) is 98.4 cm³/mol. The quantitative estimate of drug-likeness (QED) is 0.767. The van der Waals surface area contributed by atoms with Gasteiger partial charge in [-0.25, -0.2) is 4.98 Å². The van der Waals surface area contributed by atoms with E-state index in [4.69, 9.17) is 4.98 Å². The number of anilines is 1. The lowest BCUT2D eigenvalue weighted by molar-refractivity contribution is 0.103. The third kappa shape index (κ3) is 2.84. The number of aryl methyl sites for hydroxylation is 2. The van der Waals surface area contributed by atoms with Crippen LogP contribution in [0.1, 0.15) is 40.3 Å². The summed E-state index contributed by atoms with van der Waals surface area (Å²) in [4.78, 5) is 35.4. The molecule has 1 N–H and O–H groups in total. The minimum atomic E-state index is -0.216. The normalized spacial score (nSPS) is 14.1. The van der Waals surface area contributed by atoms with Crippen LogP contribution in [0.25, 0.3) is 10.2 Å². The van der Waals surface area contributed by atoms with Crippen LogP contribution in [0.15, 0.2) is 29.3 Å². The molecule has 0 atom stereocenters. The molecule has 6 nitrogen and oxygen atoms in total. The molecule has 1 amide bonds. The highest BCUT2D eigenvalue weighted by Crippen LogP contribution is 2.29. The number of aromatic nitrogens is 3. The summed E-state index contributed by atoms with van der Waals surface area (Å²) in [6.07, 6.45) is 7.24. The molecule has 7 heteroatoms. The zero-order chi connectivity index (χ0) is 17.4. The van der Waals surface area contributed by atoms with Gasteiger partial charge in [0.25, 0.3) is 11.5 Å². The average Bonchev–Trinajstić information content (AvgIpc) is 2.79. The molecule has 128 valence electrons. The van der Waals surface area contributed by atoms with Crippen LogP contribution in [-0.4, -0.2) is 20.4 Å². The molecule has 0 aromatic carbocycles. The van der Waals surface area contributed by atoms with Crippen LogP contribution in [-0.2, 0) is 13.0 Å². The minimum absolute atomic E-state index is 0.0152. The molecule has 0 aliphatic carbocycles. The third-order valence-corrected chi connectivity index (χ3v) is 5.74. The van der Waals surface area contributed by atoms with Crippen LogP contribution < -0.4 is 10.9 Å². The van der Waals surface area contributed by atoms with Gasteiger partial charge >= 0.3 is 0 Å². The first-order valence-corrected chi connectivity index (χ1v) is 9.21. The first-order valence-electron chi connectivity index (χ1n) is 8.39. The van der Waals surface area contributed by atoms with E-state index >= 15 is 0 Å². The number of nitrogens with one attached hydrogen (secondary N) is 1. The molecule has 1 aliphatic heterocycles. The molecule has 0 bridgehead atoms. The summed E-state index contributed by atoms with van der Waals surface area (Å²) in [5, 5.41) is 3.43. The van der Waals surface area contributed by atoms with Gasteiger partial charge in [-0.05, 0) is 37.5 Å². The van der Waals surface area contributed by atoms with Crippen molar-refractivity contribution in [3.8, 4) is 0 Å². The Balaban J connectivity index is 1.79. The largest absolute Gasteiger partial charge is 0.321 e. The van der Waals surface area contributed by atoms with Gasteiger partial charge in [0.05, 0.1) is 10.3 Å². The molecule has 4 rings (SSSR count). The maximum absolute atomic E-state index is 12.9. The van der Waals surface area contributed by atoms with Gasteiger partial charge in [0.15, 0.2) is 0 Å². The summed E-state index contributed by atoms with van der Waals surface area (Å²) in [6.45, 7) is 2.54. The van der Waals surface area contributed by atoms with E-state index in [2.05, 4.69) is 10.3 Å². The predicted octanol–water partition coefficient (Wildman–Crippen LogP) is 3.14. The fourth-order valence-electron chi connectivity index (χ4n) is 3.25. The molecule has 0 saturated carbocycles. The Labute approximate surface area is 148 Å². The smallest absolute Gasteiger partial charge is 0.266 e. The first kappa shape index (κ1) is 16.0. The van der Waals surface area contributed by atoms with E-state index in [0.717, 1.165) is 31.5 Å². The van der Waals surface area contributed by atoms with Gasteiger partial charge in [-0.2, -0.15) is 0 Å². The molecule has 0 fully saturated rings. The molecular formula is C18H18N4O2S. The van der Waals surface area contributed by atoms with Crippen molar-refractivity contribution in [3.63, 3.8) is 0 Å². The van der Waals surface area contributed by atoms with Crippen molar-refractivity contribution in [2.45, 2.75) is 39.2 Å². The van der Waals surface area contributed by atoms with Crippen LogP contribution in [0.5, 0.6) is 0 Å². The molecule has 25 heavy (non-hydrogen) atoms. The number of rotatable bonds is 2. The van der Waals surface area contributed by atoms with E-state index in [1.807, 2.05) is 6.92 Å². The number of nitrogens with zero attached hydrogens (tertiary/aromatic N) is 3. The molecule has 3 aromatic rings. The second-order valence-electron chi connectivity index (χ2n) is 6.22. The standard InChI is InChI=1S/C18H18N4O2S/c1-11-14-17(21-13-5-3-2-4-10-22(13)18(14)24)25-15(11)16(23)20-12-6-8-19-9-7-12/h6-9H,2-5,10H2,1H3,(H,19,20,23). The van der Waals surface area contributed by atoms with Crippen molar-refractivity contribution in [1.29, 1.82) is 0 Å². The summed E-state index contributed by atoms with van der Waals surface area (Å²) in [5.41, 5.74) is 1.37. The molecule has 0 spiro atoms. The Morgan fingerprint density at radius 2 is 2.04 bits per heavy atom. The maximum Gasteiger partial charge on any atom is 0.266 e. The van der Waals surface area contributed by atoms with Gasteiger partial charge in [-0.1, -0.05) is 6.42 Å². The Morgan fingerprint density at radius 1 is 1.24 bits per heavy atom. The summed E-state index contributed by atoms with van der Waals surface area (Å²) >= 11 is 1.29. The van der Waals surface area contributed by atoms with Crippen LogP contribution >= 0.6 is 11.3 Å². The fraction of sp³-hybridized carbons (Fsp3) is 0.333. The molecule has 0 saturated heterocycles. The van der Waals surface area contributed by atoms with E-state index in [0.29, 0.717) is 32.9 Å². The highest BCUT2D eigenvalue weighted by Gasteiger charge is 2.22. The highest BCUT2D eigenvalue weighted by molar-refractivity contribution is 7.20. The van der Waals surface area contributed by atoms with E-state index in [1.165, 1.54) is 11.3 Å². The molecule has 0 radical (unpaired) electrons. The topological polar surface area (TPSA) is 76.9 Å². The Bertz CT molecular complexity index is 1010. The summed E-state index contributed by atoms with van der Waals surface area (Å²) < 4.78 is 1.79. The second-order valence-corrected chi connectivity index (χ2v) is 7.22. The summed E-state index contributed by atoms with van der Waals surface area (Å²) in [6, 6.07) is 3.46. The van der Waals surface area contributed by atoms with Gasteiger partial charge in [0.1, 0.15) is 10.7 Å². The average molecular weight is 354 g/mol. The molecule has 0 unspecified atom stereocenters. The van der Waals surface area contributed by atoms with Crippen LogP contribution in [0.4, 0.5) is 5.69 Å². The van der Waals surface area contributed by atoms with Crippen molar-refractivity contribution >= 4 is 33.1 Å². The molecular weight excluding hydrogens is 336 g/mol. The first-order chi connectivity index (χ1) is 12.1. The number of fused-ring (bicyclic) bond motifs is 2. The number of pyridine rings is 1.